The molecule has 0 aromatic heterocycles. The van der Waals surface area contributed by atoms with E-state index in [-0.39, 0.29) is 23.0 Å². The number of nitrogens with two attached hydrogens (primary N) is 1. The van der Waals surface area contributed by atoms with Crippen LogP contribution >= 0.6 is 11.8 Å². The molecule has 0 aliphatic carbocycles. The zero-order chi connectivity index (χ0) is 13.1. The molecule has 0 fully saturated rings. The number of hydrogen-bond donors (Lipinski definition) is 2. The molecular formula is C12H17FN2OS. The molecule has 0 aliphatic rings. The van der Waals surface area contributed by atoms with Crippen LogP contribution in [-0.4, -0.2) is 17.2 Å². The van der Waals surface area contributed by atoms with Crippen LogP contribution in [0.1, 0.15) is 20.8 Å². The fraction of sp³-hybridized carbons (Fsp3) is 0.417. The van der Waals surface area contributed by atoms with Gasteiger partial charge in [0.05, 0.1) is 5.75 Å². The molecule has 1 aromatic rings. The van der Waals surface area contributed by atoms with Gasteiger partial charge >= 0.3 is 0 Å². The first-order valence-corrected chi connectivity index (χ1v) is 6.25. The summed E-state index contributed by atoms with van der Waals surface area (Å²) in [7, 11) is 0. The lowest BCUT2D eigenvalue weighted by Gasteiger charge is -2.20. The summed E-state index contributed by atoms with van der Waals surface area (Å²) >= 11 is 1.23. The summed E-state index contributed by atoms with van der Waals surface area (Å²) in [6, 6.07) is 4.14. The smallest absolute Gasteiger partial charge is 0.230 e. The summed E-state index contributed by atoms with van der Waals surface area (Å²) in [6.07, 6.45) is 0. The molecule has 3 N–H and O–H groups in total. The summed E-state index contributed by atoms with van der Waals surface area (Å²) in [5.41, 5.74) is 5.91. The van der Waals surface area contributed by atoms with E-state index in [9.17, 15) is 9.18 Å². The van der Waals surface area contributed by atoms with Crippen LogP contribution in [0.15, 0.2) is 23.1 Å². The monoisotopic (exact) mass is 256 g/mol. The van der Waals surface area contributed by atoms with Crippen LogP contribution in [0, 0.1) is 5.82 Å². The van der Waals surface area contributed by atoms with Crippen LogP contribution in [0.3, 0.4) is 0 Å². The van der Waals surface area contributed by atoms with E-state index in [2.05, 4.69) is 5.32 Å². The summed E-state index contributed by atoms with van der Waals surface area (Å²) in [4.78, 5) is 12.2. The number of nitrogens with one attached hydrogen (secondary N) is 1. The second-order valence-electron chi connectivity index (χ2n) is 4.77. The standard InChI is InChI=1S/C12H17FN2OS/c1-12(2,3)15-11(16)7-17-10-6-8(13)4-5-9(10)14/h4-6H,7,14H2,1-3H3,(H,15,16). The highest BCUT2D eigenvalue weighted by atomic mass is 32.2. The van der Waals surface area contributed by atoms with Crippen LogP contribution in [0.5, 0.6) is 0 Å². The van der Waals surface area contributed by atoms with E-state index in [1.54, 1.807) is 0 Å². The van der Waals surface area contributed by atoms with Crippen molar-refractivity contribution in [2.75, 3.05) is 11.5 Å². The van der Waals surface area contributed by atoms with Crippen molar-refractivity contribution in [3.63, 3.8) is 0 Å². The number of thioether (sulfide) groups is 1. The van der Waals surface area contributed by atoms with Gasteiger partial charge < -0.3 is 11.1 Å². The lowest BCUT2D eigenvalue weighted by molar-refractivity contribution is -0.119. The number of amides is 1. The van der Waals surface area contributed by atoms with Gasteiger partial charge in [0.2, 0.25) is 5.91 Å². The van der Waals surface area contributed by atoms with E-state index >= 15 is 0 Å². The second kappa shape index (κ2) is 5.40. The highest BCUT2D eigenvalue weighted by Crippen LogP contribution is 2.25. The Balaban J connectivity index is 2.56. The van der Waals surface area contributed by atoms with Crippen LogP contribution < -0.4 is 11.1 Å². The number of carbonyl (C=O) groups is 1. The first kappa shape index (κ1) is 13.8. The zero-order valence-electron chi connectivity index (χ0n) is 10.2. The van der Waals surface area contributed by atoms with Gasteiger partial charge in [-0.15, -0.1) is 11.8 Å². The molecule has 0 radical (unpaired) electrons. The van der Waals surface area contributed by atoms with Gasteiger partial charge in [0.25, 0.3) is 0 Å². The van der Waals surface area contributed by atoms with Gasteiger partial charge in [0.15, 0.2) is 0 Å². The van der Waals surface area contributed by atoms with E-state index < -0.39 is 0 Å². The summed E-state index contributed by atoms with van der Waals surface area (Å²) in [5, 5.41) is 2.83. The van der Waals surface area contributed by atoms with E-state index in [1.807, 2.05) is 20.8 Å². The van der Waals surface area contributed by atoms with Crippen molar-refractivity contribution < 1.29 is 9.18 Å². The minimum Gasteiger partial charge on any atom is -0.398 e. The van der Waals surface area contributed by atoms with Crippen LogP contribution in [0.25, 0.3) is 0 Å². The van der Waals surface area contributed by atoms with Crippen LogP contribution in [0.2, 0.25) is 0 Å². The van der Waals surface area contributed by atoms with Crippen molar-refractivity contribution in [1.82, 2.24) is 5.32 Å². The zero-order valence-corrected chi connectivity index (χ0v) is 11.0. The quantitative estimate of drug-likeness (QED) is 0.645. The van der Waals surface area contributed by atoms with E-state index in [1.165, 1.54) is 30.0 Å². The van der Waals surface area contributed by atoms with E-state index in [0.29, 0.717) is 10.6 Å². The summed E-state index contributed by atoms with van der Waals surface area (Å²) in [5.74, 6) is -0.214. The molecule has 5 heteroatoms. The normalized spacial score (nSPS) is 11.3. The number of benzene rings is 1. The Morgan fingerprint density at radius 2 is 2.12 bits per heavy atom. The van der Waals surface area contributed by atoms with Gasteiger partial charge in [-0.1, -0.05) is 0 Å². The molecule has 0 aliphatic heterocycles. The van der Waals surface area contributed by atoms with Gasteiger partial charge in [-0.05, 0) is 39.0 Å². The molecule has 17 heavy (non-hydrogen) atoms. The predicted octanol–water partition coefficient (Wildman–Crippen LogP) is 2.41. The molecule has 0 unspecified atom stereocenters. The highest BCUT2D eigenvalue weighted by Gasteiger charge is 2.14. The Bertz CT molecular complexity index is 415. The Morgan fingerprint density at radius 3 is 2.71 bits per heavy atom. The second-order valence-corrected chi connectivity index (χ2v) is 5.79. The molecule has 1 rings (SSSR count). The van der Waals surface area contributed by atoms with Crippen molar-refractivity contribution in [2.24, 2.45) is 0 Å². The maximum absolute atomic E-state index is 13.0. The molecule has 3 nitrogen and oxygen atoms in total. The molecule has 0 atom stereocenters. The van der Waals surface area contributed by atoms with Gasteiger partial charge in [-0.25, -0.2) is 4.39 Å². The number of anilines is 1. The maximum atomic E-state index is 13.0. The number of carbonyl (C=O) groups excluding carboxylic acids is 1. The van der Waals surface area contributed by atoms with Crippen LogP contribution in [-0.2, 0) is 4.79 Å². The SMILES string of the molecule is CC(C)(C)NC(=O)CSc1cc(F)ccc1N. The minimum atomic E-state index is -0.349. The Labute approximate surface area is 105 Å². The van der Waals surface area contributed by atoms with Crippen LogP contribution in [0.4, 0.5) is 10.1 Å². The van der Waals surface area contributed by atoms with Crippen molar-refractivity contribution in [3.05, 3.63) is 24.0 Å². The number of nitrogen functional groups attached to an aromatic ring is 1. The lowest BCUT2D eigenvalue weighted by Crippen LogP contribution is -2.41. The van der Waals surface area contributed by atoms with Gasteiger partial charge in [0.1, 0.15) is 5.82 Å². The number of hydrogen-bond acceptors (Lipinski definition) is 3. The van der Waals surface area contributed by atoms with Gasteiger partial charge in [-0.3, -0.25) is 4.79 Å². The topological polar surface area (TPSA) is 55.1 Å². The van der Waals surface area contributed by atoms with Gasteiger partial charge in [0, 0.05) is 16.1 Å². The van der Waals surface area contributed by atoms with Crippen molar-refractivity contribution >= 4 is 23.4 Å². The molecule has 94 valence electrons. The molecular weight excluding hydrogens is 239 g/mol. The Hall–Kier alpha value is -1.23. The Morgan fingerprint density at radius 1 is 1.47 bits per heavy atom. The first-order chi connectivity index (χ1) is 7.78. The van der Waals surface area contributed by atoms with Crippen molar-refractivity contribution in [1.29, 1.82) is 0 Å². The fourth-order valence-electron chi connectivity index (χ4n) is 1.23. The van der Waals surface area contributed by atoms with E-state index in [0.717, 1.165) is 0 Å². The molecule has 1 amide bonds. The van der Waals surface area contributed by atoms with Crippen molar-refractivity contribution in [3.8, 4) is 0 Å². The number of halogens is 1. The molecule has 0 saturated heterocycles. The third-order valence-corrected chi connectivity index (χ3v) is 2.92. The highest BCUT2D eigenvalue weighted by molar-refractivity contribution is 8.00. The van der Waals surface area contributed by atoms with Crippen molar-refractivity contribution in [2.45, 2.75) is 31.2 Å². The van der Waals surface area contributed by atoms with Gasteiger partial charge in [-0.2, -0.15) is 0 Å². The molecule has 0 spiro atoms. The predicted molar refractivity (Wildman–Crippen MR) is 69.4 cm³/mol. The molecule has 1 aromatic carbocycles. The molecule has 0 saturated carbocycles. The summed E-state index contributed by atoms with van der Waals surface area (Å²) < 4.78 is 13.0. The lowest BCUT2D eigenvalue weighted by atomic mass is 10.1. The largest absolute Gasteiger partial charge is 0.398 e. The average Bonchev–Trinajstić information content (AvgIpc) is 2.17. The average molecular weight is 256 g/mol. The summed E-state index contributed by atoms with van der Waals surface area (Å²) in [6.45, 7) is 5.73. The number of rotatable bonds is 3. The molecule has 0 bridgehead atoms. The third-order valence-electron chi connectivity index (χ3n) is 1.85. The third kappa shape index (κ3) is 5.08. The Kier molecular flexibility index (Phi) is 4.40. The minimum absolute atomic E-state index is 0.0915. The first-order valence-electron chi connectivity index (χ1n) is 5.27. The molecule has 0 heterocycles. The maximum Gasteiger partial charge on any atom is 0.230 e. The fourth-order valence-corrected chi connectivity index (χ4v) is 2.02. The van der Waals surface area contributed by atoms with E-state index in [4.69, 9.17) is 5.73 Å².